The summed E-state index contributed by atoms with van der Waals surface area (Å²) >= 11 is 0. The van der Waals surface area contributed by atoms with Crippen LogP contribution in [0.1, 0.15) is 22.3 Å². The van der Waals surface area contributed by atoms with Gasteiger partial charge in [-0.2, -0.15) is 0 Å². The minimum absolute atomic E-state index is 0.845. The molecule has 2 nitrogen and oxygen atoms in total. The molecule has 8 aromatic rings. The average molecular weight is 669 g/mol. The highest BCUT2D eigenvalue weighted by Gasteiger charge is 2.12. The molecule has 0 saturated carbocycles. The van der Waals surface area contributed by atoms with Crippen molar-refractivity contribution in [2.75, 3.05) is 0 Å². The lowest BCUT2D eigenvalue weighted by Gasteiger charge is -2.13. The van der Waals surface area contributed by atoms with Crippen LogP contribution in [0.5, 0.6) is 0 Å². The standard InChI is InChI=1S/C50H40N2/c1-33-9-5-13-37(21-33)43-25-44(38-14-6-10-34(2)22-38)28-47(27-43)41-17-19-49(51-31-41)50-20-18-42(32-52-50)48-29-45(39-15-7-11-35(3)23-39)26-46(30-48)40-16-8-12-36(4)24-40/h5-32H,1-4H3. The second-order valence-electron chi connectivity index (χ2n) is 13.9. The van der Waals surface area contributed by atoms with Gasteiger partial charge in [-0.3, -0.25) is 9.97 Å². The van der Waals surface area contributed by atoms with Crippen LogP contribution in [0.25, 0.3) is 78.1 Å². The van der Waals surface area contributed by atoms with E-state index in [1.54, 1.807) is 0 Å². The van der Waals surface area contributed by atoms with Gasteiger partial charge in [0.15, 0.2) is 0 Å². The first kappa shape index (κ1) is 32.8. The first-order valence-electron chi connectivity index (χ1n) is 17.9. The number of hydrogen-bond donors (Lipinski definition) is 0. The van der Waals surface area contributed by atoms with E-state index in [1.165, 1.54) is 66.8 Å². The summed E-state index contributed by atoms with van der Waals surface area (Å²) in [7, 11) is 0. The number of nitrogens with zero attached hydrogens (tertiary/aromatic N) is 2. The van der Waals surface area contributed by atoms with Crippen molar-refractivity contribution in [3.05, 3.63) is 192 Å². The Hall–Kier alpha value is -6.38. The fourth-order valence-electron chi connectivity index (χ4n) is 6.99. The summed E-state index contributed by atoms with van der Waals surface area (Å²) in [5.74, 6) is 0. The zero-order valence-electron chi connectivity index (χ0n) is 30.1. The Labute approximate surface area is 307 Å². The van der Waals surface area contributed by atoms with Gasteiger partial charge in [0.1, 0.15) is 0 Å². The normalized spacial score (nSPS) is 11.1. The van der Waals surface area contributed by atoms with Crippen LogP contribution in [0.3, 0.4) is 0 Å². The fourth-order valence-corrected chi connectivity index (χ4v) is 6.99. The smallest absolute Gasteiger partial charge is 0.0886 e. The van der Waals surface area contributed by atoms with E-state index in [2.05, 4.69) is 185 Å². The monoisotopic (exact) mass is 668 g/mol. The summed E-state index contributed by atoms with van der Waals surface area (Å²) in [4.78, 5) is 9.84. The molecule has 0 aliphatic heterocycles. The molecule has 2 heteroatoms. The van der Waals surface area contributed by atoms with E-state index in [1.807, 2.05) is 12.4 Å². The predicted molar refractivity (Wildman–Crippen MR) is 219 cm³/mol. The lowest BCUT2D eigenvalue weighted by molar-refractivity contribution is 1.25. The van der Waals surface area contributed by atoms with Crippen molar-refractivity contribution in [3.63, 3.8) is 0 Å². The number of benzene rings is 6. The molecule has 0 aliphatic carbocycles. The molecule has 0 fully saturated rings. The van der Waals surface area contributed by atoms with Crippen molar-refractivity contribution in [3.8, 4) is 78.1 Å². The topological polar surface area (TPSA) is 25.8 Å². The van der Waals surface area contributed by atoms with E-state index < -0.39 is 0 Å². The van der Waals surface area contributed by atoms with E-state index in [9.17, 15) is 0 Å². The molecule has 0 unspecified atom stereocenters. The number of aromatic nitrogens is 2. The SMILES string of the molecule is Cc1cccc(-c2cc(-c3ccc(-c4ccc(-c5cc(-c6cccc(C)c6)cc(-c6cccc(C)c6)c5)cn4)nc3)cc(-c3cccc(C)c3)c2)c1. The molecule has 0 aliphatic rings. The third-order valence-corrected chi connectivity index (χ3v) is 9.73. The minimum atomic E-state index is 0.845. The number of hydrogen-bond acceptors (Lipinski definition) is 2. The second-order valence-corrected chi connectivity index (χ2v) is 13.9. The Morgan fingerprint density at radius 1 is 0.250 bits per heavy atom. The van der Waals surface area contributed by atoms with Gasteiger partial charge >= 0.3 is 0 Å². The Morgan fingerprint density at radius 2 is 0.519 bits per heavy atom. The maximum absolute atomic E-state index is 4.92. The Morgan fingerprint density at radius 3 is 0.750 bits per heavy atom. The molecule has 0 radical (unpaired) electrons. The minimum Gasteiger partial charge on any atom is -0.254 e. The molecule has 2 aromatic heterocycles. The lowest BCUT2D eigenvalue weighted by atomic mass is 9.92. The summed E-state index contributed by atoms with van der Waals surface area (Å²) in [6.45, 7) is 8.57. The molecule has 0 spiro atoms. The third-order valence-electron chi connectivity index (χ3n) is 9.73. The van der Waals surface area contributed by atoms with Crippen molar-refractivity contribution in [2.45, 2.75) is 27.7 Å². The molecule has 250 valence electrons. The number of pyridine rings is 2. The van der Waals surface area contributed by atoms with Crippen LogP contribution in [0.15, 0.2) is 170 Å². The van der Waals surface area contributed by atoms with Crippen LogP contribution in [0.4, 0.5) is 0 Å². The van der Waals surface area contributed by atoms with Gasteiger partial charge < -0.3 is 0 Å². The quantitative estimate of drug-likeness (QED) is 0.169. The van der Waals surface area contributed by atoms with Crippen molar-refractivity contribution < 1.29 is 0 Å². The third kappa shape index (κ3) is 7.10. The van der Waals surface area contributed by atoms with Crippen LogP contribution in [0, 0.1) is 27.7 Å². The van der Waals surface area contributed by atoms with Gasteiger partial charge in [0.05, 0.1) is 11.4 Å². The molecule has 6 aromatic carbocycles. The molecule has 0 bridgehead atoms. The fraction of sp³-hybridized carbons (Fsp3) is 0.0800. The van der Waals surface area contributed by atoms with Crippen molar-refractivity contribution in [2.24, 2.45) is 0 Å². The predicted octanol–water partition coefficient (Wildman–Crippen LogP) is 13.4. The highest BCUT2D eigenvalue weighted by molar-refractivity contribution is 5.83. The summed E-state index contributed by atoms with van der Waals surface area (Å²) in [5, 5.41) is 0. The molecule has 8 rings (SSSR count). The highest BCUT2D eigenvalue weighted by Crippen LogP contribution is 2.36. The van der Waals surface area contributed by atoms with Gasteiger partial charge in [-0.05, 0) is 132 Å². The Kier molecular flexibility index (Phi) is 8.89. The number of aryl methyl sites for hydroxylation is 4. The van der Waals surface area contributed by atoms with E-state index >= 15 is 0 Å². The largest absolute Gasteiger partial charge is 0.254 e. The molecule has 2 heterocycles. The average Bonchev–Trinajstić information content (AvgIpc) is 3.18. The van der Waals surface area contributed by atoms with E-state index in [0.29, 0.717) is 0 Å². The van der Waals surface area contributed by atoms with Crippen molar-refractivity contribution in [1.29, 1.82) is 0 Å². The zero-order valence-corrected chi connectivity index (χ0v) is 30.1. The van der Waals surface area contributed by atoms with Crippen LogP contribution >= 0.6 is 0 Å². The maximum atomic E-state index is 4.92. The van der Waals surface area contributed by atoms with Gasteiger partial charge in [-0.15, -0.1) is 0 Å². The number of rotatable bonds is 7. The van der Waals surface area contributed by atoms with Crippen LogP contribution < -0.4 is 0 Å². The van der Waals surface area contributed by atoms with Gasteiger partial charge in [0.25, 0.3) is 0 Å². The molecule has 0 N–H and O–H groups in total. The molecular formula is C50H40N2. The van der Waals surface area contributed by atoms with E-state index in [0.717, 1.165) is 33.6 Å². The highest BCUT2D eigenvalue weighted by atomic mass is 14.8. The Balaban J connectivity index is 1.12. The summed E-state index contributed by atoms with van der Waals surface area (Å²) < 4.78 is 0. The van der Waals surface area contributed by atoms with Gasteiger partial charge in [0.2, 0.25) is 0 Å². The second kappa shape index (κ2) is 14.1. The summed E-state index contributed by atoms with van der Waals surface area (Å²) in [5.41, 5.74) is 20.7. The van der Waals surface area contributed by atoms with E-state index in [-0.39, 0.29) is 0 Å². The van der Waals surface area contributed by atoms with Gasteiger partial charge in [-0.25, -0.2) is 0 Å². The molecule has 0 amide bonds. The first-order valence-corrected chi connectivity index (χ1v) is 17.9. The molecule has 0 saturated heterocycles. The summed E-state index contributed by atoms with van der Waals surface area (Å²) in [6.07, 6.45) is 3.94. The zero-order chi connectivity index (χ0) is 35.6. The molecule has 52 heavy (non-hydrogen) atoms. The lowest BCUT2D eigenvalue weighted by Crippen LogP contribution is -1.91. The van der Waals surface area contributed by atoms with Crippen molar-refractivity contribution >= 4 is 0 Å². The van der Waals surface area contributed by atoms with Crippen molar-refractivity contribution in [1.82, 2.24) is 9.97 Å². The Bertz CT molecular complexity index is 2230. The van der Waals surface area contributed by atoms with Crippen LogP contribution in [-0.4, -0.2) is 9.97 Å². The molecular weight excluding hydrogens is 629 g/mol. The molecule has 0 atom stereocenters. The van der Waals surface area contributed by atoms with Crippen LogP contribution in [-0.2, 0) is 0 Å². The van der Waals surface area contributed by atoms with Crippen LogP contribution in [0.2, 0.25) is 0 Å². The summed E-state index contributed by atoms with van der Waals surface area (Å²) in [6, 6.07) is 57.0. The van der Waals surface area contributed by atoms with E-state index in [4.69, 9.17) is 9.97 Å². The first-order chi connectivity index (χ1) is 25.3. The van der Waals surface area contributed by atoms with Gasteiger partial charge in [0, 0.05) is 23.5 Å². The van der Waals surface area contributed by atoms with Gasteiger partial charge in [-0.1, -0.05) is 131 Å². The maximum Gasteiger partial charge on any atom is 0.0886 e.